The topological polar surface area (TPSA) is 103 Å². The van der Waals surface area contributed by atoms with Gasteiger partial charge >= 0.3 is 0 Å². The minimum atomic E-state index is -0.773. The van der Waals surface area contributed by atoms with E-state index < -0.39 is 24.2 Å². The van der Waals surface area contributed by atoms with Gasteiger partial charge in [0.1, 0.15) is 12.1 Å². The van der Waals surface area contributed by atoms with Crippen molar-refractivity contribution in [2.45, 2.75) is 167 Å². The highest BCUT2D eigenvalue weighted by atomic mass is 16.7. The van der Waals surface area contributed by atoms with Crippen LogP contribution in [0.2, 0.25) is 0 Å². The second-order valence-corrected chi connectivity index (χ2v) is 18.0. The normalized spacial score (nSPS) is 42.6. The van der Waals surface area contributed by atoms with Crippen LogP contribution in [0.3, 0.4) is 0 Å². The van der Waals surface area contributed by atoms with E-state index in [2.05, 4.69) is 31.4 Å². The fraction of sp³-hybridized carbons (Fsp3) is 0.975. The minimum Gasteiger partial charge on any atom is -0.394 e. The molecule has 1 amide bonds. The summed E-state index contributed by atoms with van der Waals surface area (Å²) in [6.45, 7) is 10.3. The predicted octanol–water partition coefficient (Wildman–Crippen LogP) is 6.09. The Bertz CT molecular complexity index is 1030. The van der Waals surface area contributed by atoms with Crippen LogP contribution in [0.15, 0.2) is 0 Å². The first-order chi connectivity index (χ1) is 23.1. The lowest BCUT2D eigenvalue weighted by molar-refractivity contribution is -0.193. The van der Waals surface area contributed by atoms with Crippen LogP contribution in [0, 0.1) is 52.8 Å². The maximum absolute atomic E-state index is 14.2. The second kappa shape index (κ2) is 16.3. The van der Waals surface area contributed by atoms with Gasteiger partial charge in [-0.1, -0.05) is 65.7 Å². The third kappa shape index (κ3) is 7.84. The number of fused-ring (bicyclic) bond motifs is 2. The lowest BCUT2D eigenvalue weighted by Gasteiger charge is -2.62. The van der Waals surface area contributed by atoms with Crippen molar-refractivity contribution in [3.63, 3.8) is 0 Å². The number of amides is 1. The zero-order valence-corrected chi connectivity index (χ0v) is 31.1. The molecule has 8 nitrogen and oxygen atoms in total. The first-order valence-electron chi connectivity index (χ1n) is 20.4. The molecule has 0 radical (unpaired) electrons. The summed E-state index contributed by atoms with van der Waals surface area (Å²) in [6, 6.07) is 0.124. The minimum absolute atomic E-state index is 0.0567. The Labute approximate surface area is 292 Å². The van der Waals surface area contributed by atoms with Gasteiger partial charge in [-0.2, -0.15) is 5.06 Å². The van der Waals surface area contributed by atoms with Gasteiger partial charge < -0.3 is 25.6 Å². The van der Waals surface area contributed by atoms with Crippen LogP contribution in [-0.4, -0.2) is 84.4 Å². The molecule has 1 heterocycles. The van der Waals surface area contributed by atoms with Crippen molar-refractivity contribution in [2.24, 2.45) is 52.8 Å². The molecule has 1 aliphatic heterocycles. The third-order valence-corrected chi connectivity index (χ3v) is 15.0. The predicted molar refractivity (Wildman–Crippen MR) is 190 cm³/mol. The highest BCUT2D eigenvalue weighted by molar-refractivity contribution is 5.82. The molecule has 8 heteroatoms. The van der Waals surface area contributed by atoms with Gasteiger partial charge in [0.15, 0.2) is 0 Å². The third-order valence-electron chi connectivity index (χ3n) is 15.0. The SMILES string of the molecule is COC1C(CN2O[C@@H](CO)[C@H]([C@H](C)O)[C@H]2C(=O)N[C@H]2C[C@H]3C[C@H]([C@@H]2C)C3(C)C)CCCC1C1CCCC(NCCCC2CCCCC2)C1. The fourth-order valence-electron chi connectivity index (χ4n) is 12.1. The van der Waals surface area contributed by atoms with Crippen LogP contribution in [0.5, 0.6) is 0 Å². The number of nitrogens with zero attached hydrogens (tertiary/aromatic N) is 1. The summed E-state index contributed by atoms with van der Waals surface area (Å²) in [5.41, 5.74) is 0.350. The lowest BCUT2D eigenvalue weighted by Crippen LogP contribution is -2.62. The second-order valence-electron chi connectivity index (χ2n) is 18.0. The highest BCUT2D eigenvalue weighted by Crippen LogP contribution is 2.61. The van der Waals surface area contributed by atoms with Gasteiger partial charge in [0.25, 0.3) is 0 Å². The average molecular weight is 674 g/mol. The molecule has 13 atom stereocenters. The van der Waals surface area contributed by atoms with Crippen molar-refractivity contribution in [3.8, 4) is 0 Å². The number of aliphatic hydroxyl groups excluding tert-OH is 2. The summed E-state index contributed by atoms with van der Waals surface area (Å²) in [6.07, 6.45) is 19.4. The van der Waals surface area contributed by atoms with Gasteiger partial charge in [-0.25, -0.2) is 0 Å². The maximum Gasteiger partial charge on any atom is 0.240 e. The first kappa shape index (κ1) is 37.0. The smallest absolute Gasteiger partial charge is 0.240 e. The van der Waals surface area contributed by atoms with E-state index in [9.17, 15) is 15.0 Å². The number of rotatable bonds is 13. The number of methoxy groups -OCH3 is 1. The standard InChI is InChI=1S/C40H71N3O5/c1-25-33-21-30(40(33,3)4)22-34(25)42-39(46)37-36(26(2)45)35(24-44)48-43(37)23-29-16-10-18-32(38(29)47-5)28-15-9-17-31(20-28)41-19-11-14-27-12-7-6-8-13-27/h25-38,41,44-45H,6-24H2,1-5H3,(H,42,46)/t25-,26-,28?,29?,30+,31?,32?,33+,34-,35-,36-,37-,38?/m0/s1. The van der Waals surface area contributed by atoms with Crippen molar-refractivity contribution in [1.82, 2.24) is 15.7 Å². The van der Waals surface area contributed by atoms with E-state index in [0.717, 1.165) is 31.7 Å². The Morgan fingerprint density at radius 2 is 1.79 bits per heavy atom. The van der Waals surface area contributed by atoms with E-state index in [1.807, 2.05) is 12.2 Å². The van der Waals surface area contributed by atoms with Crippen LogP contribution in [0.4, 0.5) is 0 Å². The monoisotopic (exact) mass is 674 g/mol. The number of carbonyl (C=O) groups excluding carboxylic acids is 1. The summed E-state index contributed by atoms with van der Waals surface area (Å²) in [4.78, 5) is 20.6. The number of carbonyl (C=O) groups is 1. The molecule has 0 aromatic heterocycles. The zero-order chi connectivity index (χ0) is 34.0. The van der Waals surface area contributed by atoms with Crippen molar-refractivity contribution < 1.29 is 24.6 Å². The average Bonchev–Trinajstić information content (AvgIpc) is 3.46. The molecule has 4 N–H and O–H groups in total. The van der Waals surface area contributed by atoms with Gasteiger partial charge in [0.2, 0.25) is 5.91 Å². The van der Waals surface area contributed by atoms with Crippen molar-refractivity contribution in [3.05, 3.63) is 0 Å². The lowest BCUT2D eigenvalue weighted by atomic mass is 9.45. The Morgan fingerprint density at radius 1 is 1.02 bits per heavy atom. The Balaban J connectivity index is 1.07. The summed E-state index contributed by atoms with van der Waals surface area (Å²) < 4.78 is 6.37. The first-order valence-corrected chi connectivity index (χ1v) is 20.4. The Hall–Kier alpha value is -0.770. The van der Waals surface area contributed by atoms with Crippen LogP contribution in [0.25, 0.3) is 0 Å². The molecule has 0 aromatic carbocycles. The van der Waals surface area contributed by atoms with Gasteiger partial charge in [-0.15, -0.1) is 0 Å². The Morgan fingerprint density at radius 3 is 2.48 bits per heavy atom. The van der Waals surface area contributed by atoms with Crippen LogP contribution in [-0.2, 0) is 14.4 Å². The van der Waals surface area contributed by atoms with E-state index in [-0.39, 0.29) is 30.6 Å². The quantitative estimate of drug-likeness (QED) is 0.176. The summed E-state index contributed by atoms with van der Waals surface area (Å²) in [5, 5.41) is 30.5. The Kier molecular flexibility index (Phi) is 12.5. The van der Waals surface area contributed by atoms with E-state index in [4.69, 9.17) is 9.57 Å². The van der Waals surface area contributed by atoms with Crippen LogP contribution >= 0.6 is 0 Å². The number of hydroxylamine groups is 2. The van der Waals surface area contributed by atoms with E-state index >= 15 is 0 Å². The van der Waals surface area contributed by atoms with E-state index in [1.165, 1.54) is 83.5 Å². The van der Waals surface area contributed by atoms with Gasteiger partial charge in [0, 0.05) is 37.6 Å². The fourth-order valence-corrected chi connectivity index (χ4v) is 12.1. The van der Waals surface area contributed by atoms with Gasteiger partial charge in [-0.3, -0.25) is 9.63 Å². The van der Waals surface area contributed by atoms with Gasteiger partial charge in [-0.05, 0) is 112 Å². The summed E-state index contributed by atoms with van der Waals surface area (Å²) in [5.74, 6) is 3.53. The molecule has 7 fully saturated rings. The molecule has 0 aromatic rings. The van der Waals surface area contributed by atoms with Crippen molar-refractivity contribution >= 4 is 5.91 Å². The number of nitrogens with one attached hydrogen (secondary N) is 2. The number of hydrogen-bond donors (Lipinski definition) is 4. The van der Waals surface area contributed by atoms with Crippen LogP contribution in [0.1, 0.15) is 130 Å². The number of ether oxygens (including phenoxy) is 1. The molecule has 2 bridgehead atoms. The molecule has 7 aliphatic rings. The number of hydrogen-bond acceptors (Lipinski definition) is 7. The zero-order valence-electron chi connectivity index (χ0n) is 31.1. The largest absolute Gasteiger partial charge is 0.394 e. The molecule has 6 saturated carbocycles. The van der Waals surface area contributed by atoms with Crippen LogP contribution < -0.4 is 10.6 Å². The number of aliphatic hydroxyl groups is 2. The van der Waals surface area contributed by atoms with Crippen molar-refractivity contribution in [1.29, 1.82) is 0 Å². The molecule has 276 valence electrons. The molecule has 48 heavy (non-hydrogen) atoms. The summed E-state index contributed by atoms with van der Waals surface area (Å²) >= 11 is 0. The molecule has 7 rings (SSSR count). The van der Waals surface area contributed by atoms with E-state index in [0.29, 0.717) is 47.6 Å². The molecular formula is C40H71N3O5. The van der Waals surface area contributed by atoms with Gasteiger partial charge in [0.05, 0.1) is 18.8 Å². The molecule has 1 saturated heterocycles. The maximum atomic E-state index is 14.2. The van der Waals surface area contributed by atoms with E-state index in [1.54, 1.807) is 6.92 Å². The molecule has 5 unspecified atom stereocenters. The van der Waals surface area contributed by atoms with Crippen molar-refractivity contribution in [2.75, 3.05) is 26.8 Å². The molecule has 6 aliphatic carbocycles. The summed E-state index contributed by atoms with van der Waals surface area (Å²) in [7, 11) is 1.88. The molecular weight excluding hydrogens is 602 g/mol. The highest BCUT2D eigenvalue weighted by Gasteiger charge is 2.57. The molecule has 0 spiro atoms.